The first-order valence-electron chi connectivity index (χ1n) is 5.85. The topological polar surface area (TPSA) is 66.0 Å². The summed E-state index contributed by atoms with van der Waals surface area (Å²) < 4.78 is 7.05. The van der Waals surface area contributed by atoms with Crippen molar-refractivity contribution in [1.82, 2.24) is 14.8 Å². The molecule has 96 valence electrons. The maximum atomic E-state index is 6.19. The third-order valence-electron chi connectivity index (χ3n) is 3.07. The zero-order chi connectivity index (χ0) is 13.1. The van der Waals surface area contributed by atoms with Gasteiger partial charge in [0.1, 0.15) is 17.9 Å². The summed E-state index contributed by atoms with van der Waals surface area (Å²) in [6.45, 7) is 2.01. The molecule has 1 aromatic heterocycles. The lowest BCUT2D eigenvalue weighted by Crippen LogP contribution is -2.16. The summed E-state index contributed by atoms with van der Waals surface area (Å²) in [5.74, 6) is 1.74. The molecule has 0 amide bonds. The molecule has 0 aliphatic heterocycles. The third kappa shape index (κ3) is 2.51. The van der Waals surface area contributed by atoms with Gasteiger partial charge in [0.25, 0.3) is 0 Å². The van der Waals surface area contributed by atoms with E-state index >= 15 is 0 Å². The van der Waals surface area contributed by atoms with Crippen molar-refractivity contribution < 1.29 is 4.74 Å². The molecule has 0 radical (unpaired) electrons. The molecule has 5 heteroatoms. The third-order valence-corrected chi connectivity index (χ3v) is 3.07. The molecule has 2 N–H and O–H groups in total. The number of aromatic nitrogens is 3. The molecule has 1 atom stereocenters. The average molecular weight is 246 g/mol. The maximum Gasteiger partial charge on any atom is 0.138 e. The Kier molecular flexibility index (Phi) is 3.62. The van der Waals surface area contributed by atoms with Gasteiger partial charge in [-0.15, -0.1) is 0 Å². The van der Waals surface area contributed by atoms with E-state index < -0.39 is 0 Å². The van der Waals surface area contributed by atoms with Crippen molar-refractivity contribution in [3.8, 4) is 5.75 Å². The van der Waals surface area contributed by atoms with Crippen molar-refractivity contribution in [3.05, 3.63) is 41.5 Å². The monoisotopic (exact) mass is 246 g/mol. The fourth-order valence-corrected chi connectivity index (χ4v) is 1.89. The summed E-state index contributed by atoms with van der Waals surface area (Å²) >= 11 is 0. The summed E-state index contributed by atoms with van der Waals surface area (Å²) in [5.41, 5.74) is 8.34. The van der Waals surface area contributed by atoms with Gasteiger partial charge in [0.05, 0.1) is 7.11 Å². The van der Waals surface area contributed by atoms with Crippen LogP contribution in [0.2, 0.25) is 0 Å². The summed E-state index contributed by atoms with van der Waals surface area (Å²) in [5, 5.41) is 4.04. The number of aryl methyl sites for hydroxylation is 2. The number of ether oxygens (including phenoxy) is 1. The Labute approximate surface area is 107 Å². The molecule has 0 aliphatic carbocycles. The molecular weight excluding hydrogens is 228 g/mol. The Balaban J connectivity index is 2.18. The van der Waals surface area contributed by atoms with Gasteiger partial charge >= 0.3 is 0 Å². The zero-order valence-corrected chi connectivity index (χ0v) is 10.9. The van der Waals surface area contributed by atoms with Gasteiger partial charge in [0, 0.05) is 19.5 Å². The molecule has 2 aromatic rings. The van der Waals surface area contributed by atoms with E-state index in [4.69, 9.17) is 10.5 Å². The van der Waals surface area contributed by atoms with E-state index in [0.717, 1.165) is 22.7 Å². The van der Waals surface area contributed by atoms with Gasteiger partial charge in [-0.05, 0) is 24.1 Å². The van der Waals surface area contributed by atoms with E-state index in [0.29, 0.717) is 6.42 Å². The smallest absolute Gasteiger partial charge is 0.138 e. The second-order valence-corrected chi connectivity index (χ2v) is 4.34. The molecule has 0 aliphatic rings. The Morgan fingerprint density at radius 2 is 2.22 bits per heavy atom. The standard InChI is InChI=1S/C13H18N4O/c1-9-4-5-10(6-12(9)18-3)11(14)7-13-15-8-16-17(13)2/h4-6,8,11H,7,14H2,1-3H3. The number of hydrogen-bond acceptors (Lipinski definition) is 4. The van der Waals surface area contributed by atoms with Crippen molar-refractivity contribution in [2.75, 3.05) is 7.11 Å². The normalized spacial score (nSPS) is 12.4. The molecule has 0 fully saturated rings. The first-order chi connectivity index (χ1) is 8.61. The van der Waals surface area contributed by atoms with E-state index in [1.807, 2.05) is 32.2 Å². The van der Waals surface area contributed by atoms with Crippen molar-refractivity contribution in [2.24, 2.45) is 12.8 Å². The highest BCUT2D eigenvalue weighted by Crippen LogP contribution is 2.23. The van der Waals surface area contributed by atoms with E-state index in [1.165, 1.54) is 6.33 Å². The van der Waals surface area contributed by atoms with Gasteiger partial charge in [-0.2, -0.15) is 5.10 Å². The Morgan fingerprint density at radius 3 is 2.83 bits per heavy atom. The van der Waals surface area contributed by atoms with Crippen molar-refractivity contribution in [1.29, 1.82) is 0 Å². The van der Waals surface area contributed by atoms with Crippen molar-refractivity contribution in [2.45, 2.75) is 19.4 Å². The lowest BCUT2D eigenvalue weighted by atomic mass is 10.0. The van der Waals surface area contributed by atoms with Crippen molar-refractivity contribution >= 4 is 0 Å². The molecule has 0 spiro atoms. The molecule has 2 rings (SSSR count). The van der Waals surface area contributed by atoms with Crippen LogP contribution < -0.4 is 10.5 Å². The van der Waals surface area contributed by atoms with Crippen LogP contribution in [-0.4, -0.2) is 21.9 Å². The van der Waals surface area contributed by atoms with Gasteiger partial charge in [0.15, 0.2) is 0 Å². The SMILES string of the molecule is COc1cc(C(N)Cc2ncnn2C)ccc1C. The molecule has 18 heavy (non-hydrogen) atoms. The largest absolute Gasteiger partial charge is 0.496 e. The predicted octanol–water partition coefficient (Wildman–Crippen LogP) is 1.37. The number of benzene rings is 1. The quantitative estimate of drug-likeness (QED) is 0.885. The lowest BCUT2D eigenvalue weighted by molar-refractivity contribution is 0.410. The number of nitrogens with two attached hydrogens (primary N) is 1. The molecule has 1 aromatic carbocycles. The van der Waals surface area contributed by atoms with Crippen molar-refractivity contribution in [3.63, 3.8) is 0 Å². The van der Waals surface area contributed by atoms with E-state index in [2.05, 4.69) is 10.1 Å². The molecule has 0 saturated heterocycles. The Bertz CT molecular complexity index is 536. The second kappa shape index (κ2) is 5.18. The zero-order valence-electron chi connectivity index (χ0n) is 10.9. The van der Waals surface area contributed by atoms with E-state index in [1.54, 1.807) is 11.8 Å². The molecular formula is C13H18N4O. The van der Waals surface area contributed by atoms with Crippen LogP contribution in [0.25, 0.3) is 0 Å². The van der Waals surface area contributed by atoms with Crippen LogP contribution in [0.15, 0.2) is 24.5 Å². The van der Waals surface area contributed by atoms with Crippen LogP contribution in [0, 0.1) is 6.92 Å². The Hall–Kier alpha value is -1.88. The highest BCUT2D eigenvalue weighted by molar-refractivity contribution is 5.37. The number of hydrogen-bond donors (Lipinski definition) is 1. The predicted molar refractivity (Wildman–Crippen MR) is 69.4 cm³/mol. The molecule has 5 nitrogen and oxygen atoms in total. The number of nitrogens with zero attached hydrogens (tertiary/aromatic N) is 3. The highest BCUT2D eigenvalue weighted by Gasteiger charge is 2.12. The highest BCUT2D eigenvalue weighted by atomic mass is 16.5. The van der Waals surface area contributed by atoms with E-state index in [9.17, 15) is 0 Å². The van der Waals surface area contributed by atoms with Crippen LogP contribution in [0.1, 0.15) is 23.0 Å². The van der Waals surface area contributed by atoms with Crippen LogP contribution in [-0.2, 0) is 13.5 Å². The minimum atomic E-state index is -0.109. The van der Waals surface area contributed by atoms with Crippen LogP contribution in [0.5, 0.6) is 5.75 Å². The average Bonchev–Trinajstić information content (AvgIpc) is 2.75. The second-order valence-electron chi connectivity index (χ2n) is 4.34. The maximum absolute atomic E-state index is 6.19. The molecule has 1 unspecified atom stereocenters. The number of methoxy groups -OCH3 is 1. The van der Waals surface area contributed by atoms with E-state index in [-0.39, 0.29) is 6.04 Å². The fraction of sp³-hybridized carbons (Fsp3) is 0.385. The summed E-state index contributed by atoms with van der Waals surface area (Å²) in [4.78, 5) is 4.18. The van der Waals surface area contributed by atoms with Crippen LogP contribution in [0.3, 0.4) is 0 Å². The molecule has 1 heterocycles. The van der Waals surface area contributed by atoms with Crippen LogP contribution in [0.4, 0.5) is 0 Å². The van der Waals surface area contributed by atoms with Gasteiger partial charge < -0.3 is 10.5 Å². The summed E-state index contributed by atoms with van der Waals surface area (Å²) in [7, 11) is 3.53. The van der Waals surface area contributed by atoms with Crippen LogP contribution >= 0.6 is 0 Å². The first kappa shape index (κ1) is 12.6. The van der Waals surface area contributed by atoms with Gasteiger partial charge in [-0.25, -0.2) is 4.98 Å². The van der Waals surface area contributed by atoms with Gasteiger partial charge in [-0.3, -0.25) is 4.68 Å². The summed E-state index contributed by atoms with van der Waals surface area (Å²) in [6.07, 6.45) is 2.19. The molecule has 0 bridgehead atoms. The number of rotatable bonds is 4. The fourth-order valence-electron chi connectivity index (χ4n) is 1.89. The molecule has 0 saturated carbocycles. The minimum Gasteiger partial charge on any atom is -0.496 e. The lowest BCUT2D eigenvalue weighted by Gasteiger charge is -2.13. The summed E-state index contributed by atoms with van der Waals surface area (Å²) in [6, 6.07) is 5.92. The Morgan fingerprint density at radius 1 is 1.44 bits per heavy atom. The minimum absolute atomic E-state index is 0.109. The van der Waals surface area contributed by atoms with Gasteiger partial charge in [0.2, 0.25) is 0 Å². The first-order valence-corrected chi connectivity index (χ1v) is 5.85. The van der Waals surface area contributed by atoms with Gasteiger partial charge in [-0.1, -0.05) is 12.1 Å².